The van der Waals surface area contributed by atoms with Crippen LogP contribution in [0.15, 0.2) is 57.7 Å². The summed E-state index contributed by atoms with van der Waals surface area (Å²) in [7, 11) is 0. The maximum absolute atomic E-state index is 12.1. The molecule has 0 saturated heterocycles. The van der Waals surface area contributed by atoms with Gasteiger partial charge < -0.3 is 19.8 Å². The third-order valence-electron chi connectivity index (χ3n) is 4.93. The lowest BCUT2D eigenvalue weighted by molar-refractivity contribution is -0.123. The lowest BCUT2D eigenvalue weighted by Gasteiger charge is -2.10. The van der Waals surface area contributed by atoms with Crippen LogP contribution in [0.25, 0.3) is 11.0 Å². The number of hydrogen-bond donors (Lipinski definition) is 2. The average Bonchev–Trinajstić information content (AvgIpc) is 3.56. The topological polar surface area (TPSA) is 97.6 Å². The fourth-order valence-corrected chi connectivity index (χ4v) is 3.14. The molecule has 0 spiro atoms. The van der Waals surface area contributed by atoms with Gasteiger partial charge in [0.1, 0.15) is 11.3 Å². The molecule has 0 atom stereocenters. The Hall–Kier alpha value is -3.61. The van der Waals surface area contributed by atoms with Gasteiger partial charge in [0.25, 0.3) is 5.91 Å². The van der Waals surface area contributed by atoms with Crippen molar-refractivity contribution in [1.29, 1.82) is 0 Å². The maximum Gasteiger partial charge on any atom is 0.336 e. The van der Waals surface area contributed by atoms with Crippen molar-refractivity contribution in [2.24, 2.45) is 5.92 Å². The predicted octanol–water partition coefficient (Wildman–Crippen LogP) is 3.15. The molecule has 2 N–H and O–H groups in total. The molecule has 0 aliphatic heterocycles. The molecule has 1 aliphatic rings. The average molecular weight is 406 g/mol. The summed E-state index contributed by atoms with van der Waals surface area (Å²) in [5.41, 5.74) is 2.41. The van der Waals surface area contributed by atoms with E-state index in [4.69, 9.17) is 9.15 Å². The summed E-state index contributed by atoms with van der Waals surface area (Å²) < 4.78 is 10.7. The van der Waals surface area contributed by atoms with Gasteiger partial charge in [0.2, 0.25) is 5.91 Å². The quantitative estimate of drug-likeness (QED) is 0.588. The van der Waals surface area contributed by atoms with Crippen molar-refractivity contribution >= 4 is 28.5 Å². The van der Waals surface area contributed by atoms with E-state index in [1.54, 1.807) is 18.2 Å². The van der Waals surface area contributed by atoms with Crippen molar-refractivity contribution in [3.05, 3.63) is 70.1 Å². The highest BCUT2D eigenvalue weighted by Crippen LogP contribution is 2.30. The number of rotatable bonds is 7. The predicted molar refractivity (Wildman–Crippen MR) is 112 cm³/mol. The van der Waals surface area contributed by atoms with E-state index in [1.807, 2.05) is 31.2 Å². The first-order valence-electron chi connectivity index (χ1n) is 9.82. The highest BCUT2D eigenvalue weighted by atomic mass is 16.5. The number of aryl methyl sites for hydroxylation is 1. The van der Waals surface area contributed by atoms with Gasteiger partial charge in [0, 0.05) is 35.7 Å². The fraction of sp³-hybridized carbons (Fsp3) is 0.261. The van der Waals surface area contributed by atoms with Crippen LogP contribution in [0.1, 0.15) is 24.0 Å². The molecule has 0 unspecified atom stereocenters. The second kappa shape index (κ2) is 8.41. The Bertz CT molecular complexity index is 1160. The van der Waals surface area contributed by atoms with E-state index < -0.39 is 5.63 Å². The summed E-state index contributed by atoms with van der Waals surface area (Å²) in [5.74, 6) is 0.341. The summed E-state index contributed by atoms with van der Waals surface area (Å²) in [6, 6.07) is 13.9. The minimum Gasteiger partial charge on any atom is -0.484 e. The lowest BCUT2D eigenvalue weighted by Crippen LogP contribution is -2.28. The lowest BCUT2D eigenvalue weighted by atomic mass is 10.1. The molecule has 2 amide bonds. The van der Waals surface area contributed by atoms with Gasteiger partial charge in [-0.05, 0) is 55.2 Å². The van der Waals surface area contributed by atoms with Crippen LogP contribution in [0.4, 0.5) is 5.69 Å². The monoisotopic (exact) mass is 406 g/mol. The molecule has 1 fully saturated rings. The first-order valence-corrected chi connectivity index (χ1v) is 9.82. The van der Waals surface area contributed by atoms with Crippen molar-refractivity contribution in [2.45, 2.75) is 26.3 Å². The van der Waals surface area contributed by atoms with Gasteiger partial charge in [-0.1, -0.05) is 12.1 Å². The first kappa shape index (κ1) is 19.7. The van der Waals surface area contributed by atoms with Crippen molar-refractivity contribution in [3.8, 4) is 5.75 Å². The molecule has 3 aromatic rings. The minimum absolute atomic E-state index is 0.0472. The summed E-state index contributed by atoms with van der Waals surface area (Å²) in [6.07, 6.45) is 1.90. The Kier molecular flexibility index (Phi) is 5.52. The molecule has 4 rings (SSSR count). The van der Waals surface area contributed by atoms with Crippen molar-refractivity contribution in [1.82, 2.24) is 5.32 Å². The second-order valence-electron chi connectivity index (χ2n) is 7.44. The highest BCUT2D eigenvalue weighted by molar-refractivity contribution is 5.94. The standard InChI is InChI=1S/C23H22N2O5/c1-14-9-22(27)30-20-11-18(7-8-19(14)20)29-13-21(26)24-12-15-3-2-4-17(10-15)25-23(28)16-5-6-16/h2-4,7-11,16H,5-6,12-13H2,1H3,(H,24,26)(H,25,28). The third-order valence-corrected chi connectivity index (χ3v) is 4.93. The van der Waals surface area contributed by atoms with E-state index >= 15 is 0 Å². The van der Waals surface area contributed by atoms with E-state index in [0.29, 0.717) is 17.9 Å². The molecule has 1 saturated carbocycles. The van der Waals surface area contributed by atoms with Gasteiger partial charge in [-0.15, -0.1) is 0 Å². The second-order valence-corrected chi connectivity index (χ2v) is 7.44. The zero-order chi connectivity index (χ0) is 21.1. The van der Waals surface area contributed by atoms with Gasteiger partial charge in [-0.3, -0.25) is 9.59 Å². The Labute approximate surface area is 173 Å². The summed E-state index contributed by atoms with van der Waals surface area (Å²) in [6.45, 7) is 1.99. The van der Waals surface area contributed by atoms with E-state index in [0.717, 1.165) is 35.0 Å². The molecule has 0 bridgehead atoms. The third kappa shape index (κ3) is 4.86. The molecule has 1 heterocycles. The van der Waals surface area contributed by atoms with E-state index in [1.165, 1.54) is 6.07 Å². The van der Waals surface area contributed by atoms with Crippen LogP contribution in [0.5, 0.6) is 5.75 Å². The molecule has 0 radical (unpaired) electrons. The Morgan fingerprint density at radius 1 is 1.13 bits per heavy atom. The van der Waals surface area contributed by atoms with Gasteiger partial charge in [0.05, 0.1) is 0 Å². The van der Waals surface area contributed by atoms with Crippen LogP contribution < -0.4 is 21.0 Å². The van der Waals surface area contributed by atoms with Crippen LogP contribution in [-0.4, -0.2) is 18.4 Å². The van der Waals surface area contributed by atoms with Crippen molar-refractivity contribution in [3.63, 3.8) is 0 Å². The van der Waals surface area contributed by atoms with E-state index in [2.05, 4.69) is 10.6 Å². The van der Waals surface area contributed by atoms with Gasteiger partial charge in [0.15, 0.2) is 6.61 Å². The zero-order valence-electron chi connectivity index (χ0n) is 16.6. The molecule has 1 aliphatic carbocycles. The SMILES string of the molecule is Cc1cc(=O)oc2cc(OCC(=O)NCc3cccc(NC(=O)C4CC4)c3)ccc12. The molecule has 7 heteroatoms. The van der Waals surface area contributed by atoms with Crippen molar-refractivity contribution < 1.29 is 18.7 Å². The largest absolute Gasteiger partial charge is 0.484 e. The molecule has 30 heavy (non-hydrogen) atoms. The van der Waals surface area contributed by atoms with Gasteiger partial charge >= 0.3 is 5.63 Å². The summed E-state index contributed by atoms with van der Waals surface area (Å²) in [4.78, 5) is 35.5. The number of carbonyl (C=O) groups is 2. The summed E-state index contributed by atoms with van der Waals surface area (Å²) in [5, 5.41) is 6.50. The number of amides is 2. The van der Waals surface area contributed by atoms with Crippen LogP contribution in [-0.2, 0) is 16.1 Å². The Morgan fingerprint density at radius 3 is 2.77 bits per heavy atom. The number of hydrogen-bond acceptors (Lipinski definition) is 5. The zero-order valence-corrected chi connectivity index (χ0v) is 16.6. The molecular formula is C23H22N2O5. The minimum atomic E-state index is -0.426. The smallest absolute Gasteiger partial charge is 0.336 e. The Morgan fingerprint density at radius 2 is 1.97 bits per heavy atom. The van der Waals surface area contributed by atoms with Crippen molar-refractivity contribution in [2.75, 3.05) is 11.9 Å². The van der Waals surface area contributed by atoms with Crippen LogP contribution in [0, 0.1) is 12.8 Å². The van der Waals surface area contributed by atoms with E-state index in [9.17, 15) is 14.4 Å². The number of nitrogens with one attached hydrogen (secondary N) is 2. The number of ether oxygens (including phenoxy) is 1. The number of benzene rings is 2. The number of fused-ring (bicyclic) bond motifs is 1. The molecule has 2 aromatic carbocycles. The molecule has 154 valence electrons. The molecule has 1 aromatic heterocycles. The van der Waals surface area contributed by atoms with Gasteiger partial charge in [-0.25, -0.2) is 4.79 Å². The Balaban J connectivity index is 1.30. The summed E-state index contributed by atoms with van der Waals surface area (Å²) >= 11 is 0. The maximum atomic E-state index is 12.1. The fourth-order valence-electron chi connectivity index (χ4n) is 3.14. The molecular weight excluding hydrogens is 384 g/mol. The molecule has 7 nitrogen and oxygen atoms in total. The van der Waals surface area contributed by atoms with Crippen LogP contribution in [0.3, 0.4) is 0 Å². The van der Waals surface area contributed by atoms with Gasteiger partial charge in [-0.2, -0.15) is 0 Å². The van der Waals surface area contributed by atoms with E-state index in [-0.39, 0.29) is 24.3 Å². The van der Waals surface area contributed by atoms with Crippen LogP contribution in [0.2, 0.25) is 0 Å². The number of anilines is 1. The highest BCUT2D eigenvalue weighted by Gasteiger charge is 2.29. The number of carbonyl (C=O) groups excluding carboxylic acids is 2. The van der Waals surface area contributed by atoms with Crippen LogP contribution >= 0.6 is 0 Å². The first-order chi connectivity index (χ1) is 14.5. The normalized spacial score (nSPS) is 13.1.